The highest BCUT2D eigenvalue weighted by molar-refractivity contribution is 6.31. The van der Waals surface area contributed by atoms with Crippen molar-refractivity contribution < 1.29 is 22.4 Å². The molecule has 2 amide bonds. The highest BCUT2D eigenvalue weighted by Crippen LogP contribution is 2.35. The van der Waals surface area contributed by atoms with Crippen LogP contribution in [0.25, 0.3) is 16.6 Å². The summed E-state index contributed by atoms with van der Waals surface area (Å²) in [5, 5.41) is 3.07. The Morgan fingerprint density at radius 1 is 1.07 bits per heavy atom. The van der Waals surface area contributed by atoms with Gasteiger partial charge in [0.15, 0.2) is 0 Å². The van der Waals surface area contributed by atoms with Crippen molar-refractivity contribution in [2.24, 2.45) is 0 Å². The van der Waals surface area contributed by atoms with Crippen LogP contribution in [0, 0.1) is 6.92 Å². The number of halogens is 4. The summed E-state index contributed by atoms with van der Waals surface area (Å²) in [6, 6.07) is 18.1. The molecule has 41 heavy (non-hydrogen) atoms. The lowest BCUT2D eigenvalue weighted by Gasteiger charge is -2.30. The molecule has 2 heterocycles. The van der Waals surface area contributed by atoms with Crippen LogP contribution in [0.1, 0.15) is 35.7 Å². The lowest BCUT2D eigenvalue weighted by molar-refractivity contribution is -0.136. The molecule has 7 nitrogen and oxygen atoms in total. The maximum atomic E-state index is 13.8. The van der Waals surface area contributed by atoms with Gasteiger partial charge >= 0.3 is 12.2 Å². The van der Waals surface area contributed by atoms with Gasteiger partial charge in [0.1, 0.15) is 11.6 Å². The molecular formula is C30H24ClF3N4O3. The Bertz CT molecular complexity index is 1770. The van der Waals surface area contributed by atoms with Gasteiger partial charge in [-0.05, 0) is 68.4 Å². The van der Waals surface area contributed by atoms with Crippen LogP contribution in [0.3, 0.4) is 0 Å². The number of fused-ring (bicyclic) bond motifs is 1. The van der Waals surface area contributed by atoms with Gasteiger partial charge in [0, 0.05) is 5.02 Å². The average Bonchev–Trinajstić information content (AvgIpc) is 3.45. The number of nitrogens with one attached hydrogen (secondary N) is 1. The first-order valence-corrected chi connectivity index (χ1v) is 13.0. The first kappa shape index (κ1) is 28.0. The van der Waals surface area contributed by atoms with Gasteiger partial charge in [-0.2, -0.15) is 13.2 Å². The molecule has 2 aromatic heterocycles. The topological polar surface area (TPSA) is 80.4 Å². The lowest BCUT2D eigenvalue weighted by atomic mass is 10.1. The first-order valence-electron chi connectivity index (χ1n) is 12.6. The van der Waals surface area contributed by atoms with E-state index in [4.69, 9.17) is 21.0 Å². The first-order chi connectivity index (χ1) is 19.5. The SMILES string of the molecule is Cc1ccc(-n2c(C(C)N(Cc3ccco3)C(=O)Nc3ccccc3C(F)(F)F)nc3cc(Cl)ccc3c2=O)cc1. The molecule has 0 saturated heterocycles. The zero-order valence-corrected chi connectivity index (χ0v) is 22.7. The molecule has 3 aromatic carbocycles. The van der Waals surface area contributed by atoms with Crippen molar-refractivity contribution in [2.75, 3.05) is 5.32 Å². The predicted molar refractivity (Wildman–Crippen MR) is 150 cm³/mol. The minimum atomic E-state index is -4.69. The minimum absolute atomic E-state index is 0.120. The highest BCUT2D eigenvalue weighted by Gasteiger charge is 2.35. The number of urea groups is 1. The number of amides is 2. The molecule has 0 aliphatic heterocycles. The standard InChI is InChI=1S/C30H24ClF3N4O3/c1-18-9-12-21(13-10-18)38-27(35-26-16-20(31)11-14-23(26)28(38)39)19(2)37(17-22-6-5-15-41-22)29(40)36-25-8-4-3-7-24(25)30(32,33)34/h3-16,19H,17H2,1-2H3,(H,36,40). The Morgan fingerprint density at radius 3 is 2.49 bits per heavy atom. The summed E-state index contributed by atoms with van der Waals surface area (Å²) >= 11 is 6.20. The number of hydrogen-bond donors (Lipinski definition) is 1. The largest absolute Gasteiger partial charge is 0.467 e. The van der Waals surface area contributed by atoms with Gasteiger partial charge < -0.3 is 14.6 Å². The van der Waals surface area contributed by atoms with Crippen LogP contribution in [-0.4, -0.2) is 20.5 Å². The summed E-state index contributed by atoms with van der Waals surface area (Å²) in [6.45, 7) is 3.43. The van der Waals surface area contributed by atoms with Gasteiger partial charge in [0.05, 0.1) is 46.7 Å². The zero-order valence-electron chi connectivity index (χ0n) is 21.9. The van der Waals surface area contributed by atoms with E-state index in [2.05, 4.69) is 5.32 Å². The number of carbonyl (C=O) groups excluding carboxylic acids is 1. The number of alkyl halides is 3. The molecule has 1 atom stereocenters. The van der Waals surface area contributed by atoms with Crippen molar-refractivity contribution in [3.63, 3.8) is 0 Å². The molecule has 0 aliphatic carbocycles. The fourth-order valence-corrected chi connectivity index (χ4v) is 4.69. The van der Waals surface area contributed by atoms with E-state index < -0.39 is 35.1 Å². The van der Waals surface area contributed by atoms with Crippen LogP contribution in [-0.2, 0) is 12.7 Å². The van der Waals surface area contributed by atoms with Crippen LogP contribution >= 0.6 is 11.6 Å². The fourth-order valence-electron chi connectivity index (χ4n) is 4.52. The monoisotopic (exact) mass is 580 g/mol. The Labute approximate surface area is 237 Å². The summed E-state index contributed by atoms with van der Waals surface area (Å²) in [6.07, 6.45) is -3.26. The van der Waals surface area contributed by atoms with Crippen LogP contribution in [0.4, 0.5) is 23.7 Å². The lowest BCUT2D eigenvalue weighted by Crippen LogP contribution is -2.39. The van der Waals surface area contributed by atoms with Crippen LogP contribution in [0.15, 0.2) is 94.3 Å². The molecule has 0 aliphatic rings. The second-order valence-corrected chi connectivity index (χ2v) is 9.90. The molecule has 5 aromatic rings. The highest BCUT2D eigenvalue weighted by atomic mass is 35.5. The molecule has 1 N–H and O–H groups in total. The van der Waals surface area contributed by atoms with Gasteiger partial charge in [-0.25, -0.2) is 9.78 Å². The number of hydrogen-bond acceptors (Lipinski definition) is 4. The number of anilines is 1. The van der Waals surface area contributed by atoms with Crippen molar-refractivity contribution in [3.05, 3.63) is 123 Å². The smallest absolute Gasteiger partial charge is 0.418 e. The van der Waals surface area contributed by atoms with Crippen molar-refractivity contribution in [1.82, 2.24) is 14.5 Å². The molecule has 0 spiro atoms. The molecule has 1 unspecified atom stereocenters. The zero-order chi connectivity index (χ0) is 29.3. The molecule has 0 radical (unpaired) electrons. The second-order valence-electron chi connectivity index (χ2n) is 9.46. The number of benzene rings is 3. The summed E-state index contributed by atoms with van der Waals surface area (Å²) in [5.74, 6) is 0.559. The van der Waals surface area contributed by atoms with Crippen LogP contribution < -0.4 is 10.9 Å². The van der Waals surface area contributed by atoms with Crippen molar-refractivity contribution in [3.8, 4) is 5.69 Å². The van der Waals surface area contributed by atoms with E-state index >= 15 is 0 Å². The molecule has 0 bridgehead atoms. The van der Waals surface area contributed by atoms with Gasteiger partial charge in [-0.15, -0.1) is 0 Å². The van der Waals surface area contributed by atoms with E-state index in [-0.39, 0.29) is 12.4 Å². The summed E-state index contributed by atoms with van der Waals surface area (Å²) in [4.78, 5) is 33.5. The van der Waals surface area contributed by atoms with E-state index in [1.165, 1.54) is 33.9 Å². The number of nitrogens with zero attached hydrogens (tertiary/aromatic N) is 3. The van der Waals surface area contributed by atoms with Crippen molar-refractivity contribution >= 4 is 34.2 Å². The molecule has 11 heteroatoms. The fraction of sp³-hybridized carbons (Fsp3) is 0.167. The third-order valence-corrected chi connectivity index (χ3v) is 6.87. The number of aryl methyl sites for hydroxylation is 1. The average molecular weight is 581 g/mol. The summed E-state index contributed by atoms with van der Waals surface area (Å²) in [5.41, 5.74) is 0.00286. The van der Waals surface area contributed by atoms with Gasteiger partial charge in [0.2, 0.25) is 0 Å². The third-order valence-electron chi connectivity index (χ3n) is 6.63. The quantitative estimate of drug-likeness (QED) is 0.223. The van der Waals surface area contributed by atoms with E-state index in [0.717, 1.165) is 11.6 Å². The third kappa shape index (κ3) is 5.83. The Morgan fingerprint density at radius 2 is 1.80 bits per heavy atom. The molecule has 0 fully saturated rings. The number of carbonyl (C=O) groups is 1. The Kier molecular flexibility index (Phi) is 7.59. The van der Waals surface area contributed by atoms with Crippen LogP contribution in [0.2, 0.25) is 5.02 Å². The van der Waals surface area contributed by atoms with Gasteiger partial charge in [0.25, 0.3) is 5.56 Å². The van der Waals surface area contributed by atoms with Crippen LogP contribution in [0.5, 0.6) is 0 Å². The predicted octanol–water partition coefficient (Wildman–Crippen LogP) is 7.75. The number of para-hydroxylation sites is 1. The number of rotatable bonds is 6. The molecular weight excluding hydrogens is 557 g/mol. The summed E-state index contributed by atoms with van der Waals surface area (Å²) in [7, 11) is 0. The normalized spacial score (nSPS) is 12.3. The maximum Gasteiger partial charge on any atom is 0.418 e. The van der Waals surface area contributed by atoms with Gasteiger partial charge in [-0.1, -0.05) is 41.4 Å². The van der Waals surface area contributed by atoms with Gasteiger partial charge in [-0.3, -0.25) is 9.36 Å². The Balaban J connectivity index is 1.65. The summed E-state index contributed by atoms with van der Waals surface area (Å²) < 4.78 is 47.9. The van der Waals surface area contributed by atoms with Crippen molar-refractivity contribution in [2.45, 2.75) is 32.6 Å². The van der Waals surface area contributed by atoms with E-state index in [1.807, 2.05) is 19.1 Å². The second kappa shape index (κ2) is 11.1. The van der Waals surface area contributed by atoms with Crippen molar-refractivity contribution in [1.29, 1.82) is 0 Å². The number of aromatic nitrogens is 2. The van der Waals surface area contributed by atoms with E-state index in [0.29, 0.717) is 27.4 Å². The minimum Gasteiger partial charge on any atom is -0.467 e. The molecule has 210 valence electrons. The molecule has 0 saturated carbocycles. The van der Waals surface area contributed by atoms with E-state index in [9.17, 15) is 22.8 Å². The number of furan rings is 1. The molecule has 5 rings (SSSR count). The van der Waals surface area contributed by atoms with E-state index in [1.54, 1.807) is 49.4 Å². The maximum absolute atomic E-state index is 13.8. The Hall–Kier alpha value is -4.57.